The maximum absolute atomic E-state index is 11.3. The van der Waals surface area contributed by atoms with E-state index in [2.05, 4.69) is 4.98 Å². The Labute approximate surface area is 129 Å². The van der Waals surface area contributed by atoms with E-state index in [0.29, 0.717) is 17.3 Å². The Hall–Kier alpha value is -1.11. The predicted octanol–water partition coefficient (Wildman–Crippen LogP) is 4.07. The highest BCUT2D eigenvalue weighted by molar-refractivity contribution is 7.17. The van der Waals surface area contributed by atoms with E-state index in [1.54, 1.807) is 0 Å². The Morgan fingerprint density at radius 1 is 1.50 bits per heavy atom. The first kappa shape index (κ1) is 13.9. The highest BCUT2D eigenvalue weighted by Crippen LogP contribution is 2.44. The minimum atomic E-state index is -0.872. The van der Waals surface area contributed by atoms with Crippen molar-refractivity contribution in [2.24, 2.45) is 0 Å². The number of hydrogen-bond acceptors (Lipinski definition) is 5. The molecule has 1 aliphatic carbocycles. The van der Waals surface area contributed by atoms with Crippen LogP contribution in [0.2, 0.25) is 4.34 Å². The summed E-state index contributed by atoms with van der Waals surface area (Å²) in [6, 6.07) is 3.85. The lowest BCUT2D eigenvalue weighted by atomic mass is 10.2. The van der Waals surface area contributed by atoms with Crippen molar-refractivity contribution in [3.8, 4) is 0 Å². The van der Waals surface area contributed by atoms with Gasteiger partial charge in [0.1, 0.15) is 4.88 Å². The Balaban J connectivity index is 1.82. The van der Waals surface area contributed by atoms with Crippen molar-refractivity contribution in [2.45, 2.75) is 25.3 Å². The van der Waals surface area contributed by atoms with Gasteiger partial charge in [0.05, 0.1) is 16.6 Å². The van der Waals surface area contributed by atoms with Crippen LogP contribution in [0.4, 0.5) is 5.13 Å². The third-order valence-electron chi connectivity index (χ3n) is 3.15. The Morgan fingerprint density at radius 2 is 2.25 bits per heavy atom. The first-order valence-corrected chi connectivity index (χ1v) is 8.25. The van der Waals surface area contributed by atoms with Gasteiger partial charge in [0.2, 0.25) is 0 Å². The van der Waals surface area contributed by atoms with Crippen molar-refractivity contribution in [1.82, 2.24) is 4.98 Å². The molecule has 2 aromatic heterocycles. The van der Waals surface area contributed by atoms with Crippen LogP contribution in [0.3, 0.4) is 0 Å². The minimum absolute atomic E-state index is 0.343. The van der Waals surface area contributed by atoms with Gasteiger partial charge in [-0.05, 0) is 25.0 Å². The fourth-order valence-corrected chi connectivity index (χ4v) is 4.10. The summed E-state index contributed by atoms with van der Waals surface area (Å²) in [5.41, 5.74) is 0.758. The number of halogens is 1. The molecule has 4 nitrogen and oxygen atoms in total. The second-order valence-corrected chi connectivity index (χ2v) is 7.63. The molecule has 1 saturated carbocycles. The number of thiophene rings is 1. The van der Waals surface area contributed by atoms with E-state index in [9.17, 15) is 9.90 Å². The fraction of sp³-hybridized carbons (Fsp3) is 0.385. The molecule has 3 rings (SSSR count). The number of aromatic nitrogens is 1. The van der Waals surface area contributed by atoms with Gasteiger partial charge in [-0.1, -0.05) is 22.9 Å². The van der Waals surface area contributed by atoms with E-state index in [1.807, 2.05) is 24.1 Å². The van der Waals surface area contributed by atoms with Gasteiger partial charge < -0.3 is 10.0 Å². The fourth-order valence-electron chi connectivity index (χ4n) is 2.01. The van der Waals surface area contributed by atoms with Crippen LogP contribution in [0, 0.1) is 0 Å². The molecule has 1 fully saturated rings. The zero-order valence-electron chi connectivity index (χ0n) is 10.8. The number of hydrogen-bond donors (Lipinski definition) is 1. The molecule has 2 heterocycles. The van der Waals surface area contributed by atoms with Crippen molar-refractivity contribution in [3.05, 3.63) is 31.9 Å². The van der Waals surface area contributed by atoms with Crippen LogP contribution >= 0.6 is 34.3 Å². The van der Waals surface area contributed by atoms with E-state index in [4.69, 9.17) is 11.6 Å². The molecule has 1 N–H and O–H groups in total. The average Bonchev–Trinajstić information content (AvgIpc) is 3.00. The van der Waals surface area contributed by atoms with Crippen LogP contribution in [0.5, 0.6) is 0 Å². The lowest BCUT2D eigenvalue weighted by Crippen LogP contribution is -2.15. The zero-order chi connectivity index (χ0) is 14.3. The monoisotopic (exact) mass is 328 g/mol. The number of carbonyl (C=O) groups is 1. The highest BCUT2D eigenvalue weighted by Gasteiger charge is 2.32. The van der Waals surface area contributed by atoms with E-state index < -0.39 is 5.97 Å². The van der Waals surface area contributed by atoms with Gasteiger partial charge in [-0.2, -0.15) is 0 Å². The quantitative estimate of drug-likeness (QED) is 0.899. The molecular formula is C13H13ClN2O2S2. The topological polar surface area (TPSA) is 53.4 Å². The van der Waals surface area contributed by atoms with Crippen molar-refractivity contribution in [2.75, 3.05) is 11.9 Å². The molecule has 7 heteroatoms. The molecule has 0 unspecified atom stereocenters. The number of anilines is 1. The Bertz CT molecular complexity index is 649. The van der Waals surface area contributed by atoms with Gasteiger partial charge in [-0.3, -0.25) is 0 Å². The second kappa shape index (κ2) is 5.35. The van der Waals surface area contributed by atoms with Gasteiger partial charge >= 0.3 is 5.97 Å². The first-order valence-electron chi connectivity index (χ1n) is 6.24. The zero-order valence-corrected chi connectivity index (χ0v) is 13.2. The van der Waals surface area contributed by atoms with E-state index >= 15 is 0 Å². The van der Waals surface area contributed by atoms with Gasteiger partial charge in [0.15, 0.2) is 5.13 Å². The summed E-state index contributed by atoms with van der Waals surface area (Å²) in [5, 5.41) is 10.0. The van der Waals surface area contributed by atoms with Crippen LogP contribution in [0.1, 0.15) is 39.0 Å². The molecule has 0 saturated heterocycles. The van der Waals surface area contributed by atoms with Crippen molar-refractivity contribution in [1.29, 1.82) is 0 Å². The van der Waals surface area contributed by atoms with Crippen LogP contribution < -0.4 is 4.90 Å². The normalized spacial score (nSPS) is 14.5. The summed E-state index contributed by atoms with van der Waals surface area (Å²) >= 11 is 8.71. The molecule has 0 aliphatic heterocycles. The lowest BCUT2D eigenvalue weighted by molar-refractivity contribution is 0.0700. The molecule has 106 valence electrons. The van der Waals surface area contributed by atoms with Crippen molar-refractivity contribution < 1.29 is 9.90 Å². The second-order valence-electron chi connectivity index (χ2n) is 4.85. The summed E-state index contributed by atoms with van der Waals surface area (Å²) < 4.78 is 0.762. The van der Waals surface area contributed by atoms with Crippen molar-refractivity contribution >= 4 is 45.4 Å². The predicted molar refractivity (Wildman–Crippen MR) is 82.5 cm³/mol. The molecular weight excluding hydrogens is 316 g/mol. The maximum atomic E-state index is 11.3. The third-order valence-corrected chi connectivity index (χ3v) is 5.54. The van der Waals surface area contributed by atoms with E-state index in [1.165, 1.54) is 22.7 Å². The van der Waals surface area contributed by atoms with Crippen LogP contribution in [0.15, 0.2) is 12.1 Å². The number of thiazole rings is 1. The molecule has 0 aromatic carbocycles. The highest BCUT2D eigenvalue weighted by atomic mass is 35.5. The summed E-state index contributed by atoms with van der Waals surface area (Å²) in [7, 11) is 1.93. The van der Waals surface area contributed by atoms with Gasteiger partial charge in [-0.15, -0.1) is 11.3 Å². The number of carboxylic acids is 1. The Kier molecular flexibility index (Phi) is 3.70. The van der Waals surface area contributed by atoms with Crippen LogP contribution in [0.25, 0.3) is 0 Å². The molecule has 20 heavy (non-hydrogen) atoms. The molecule has 0 atom stereocenters. The number of aromatic carboxylic acids is 1. The van der Waals surface area contributed by atoms with Crippen molar-refractivity contribution in [3.63, 3.8) is 0 Å². The SMILES string of the molecule is CN(Cc1ccc(Cl)s1)c1nc(C2CC2)c(C(=O)O)s1. The van der Waals surface area contributed by atoms with Gasteiger partial charge in [0, 0.05) is 17.8 Å². The summed E-state index contributed by atoms with van der Waals surface area (Å²) in [5.74, 6) is -0.529. The van der Waals surface area contributed by atoms with E-state index in [-0.39, 0.29) is 0 Å². The standard InChI is InChI=1S/C13H13ClN2O2S2/c1-16(6-8-4-5-9(14)19-8)13-15-10(7-2-3-7)11(20-13)12(17)18/h4-5,7H,2-3,6H2,1H3,(H,17,18). The number of carboxylic acid groups (broad SMARTS) is 1. The third kappa shape index (κ3) is 2.82. The summed E-state index contributed by atoms with van der Waals surface area (Å²) in [4.78, 5) is 19.3. The molecule has 0 bridgehead atoms. The van der Waals surface area contributed by atoms with Gasteiger partial charge in [0.25, 0.3) is 0 Å². The Morgan fingerprint density at radius 3 is 2.80 bits per heavy atom. The van der Waals surface area contributed by atoms with Crippen LogP contribution in [-0.2, 0) is 6.54 Å². The summed E-state index contributed by atoms with van der Waals surface area (Å²) in [6.07, 6.45) is 2.10. The largest absolute Gasteiger partial charge is 0.477 e. The minimum Gasteiger partial charge on any atom is -0.477 e. The summed E-state index contributed by atoms with van der Waals surface area (Å²) in [6.45, 7) is 0.689. The van der Waals surface area contributed by atoms with E-state index in [0.717, 1.165) is 32.9 Å². The first-order chi connectivity index (χ1) is 9.54. The number of nitrogens with zero attached hydrogens (tertiary/aromatic N) is 2. The average molecular weight is 329 g/mol. The van der Waals surface area contributed by atoms with Crippen LogP contribution in [-0.4, -0.2) is 23.1 Å². The maximum Gasteiger partial charge on any atom is 0.347 e. The van der Waals surface area contributed by atoms with Gasteiger partial charge in [-0.25, -0.2) is 9.78 Å². The number of rotatable bonds is 5. The lowest BCUT2D eigenvalue weighted by Gasteiger charge is -2.13. The molecule has 0 radical (unpaired) electrons. The smallest absolute Gasteiger partial charge is 0.347 e. The molecule has 0 amide bonds. The molecule has 2 aromatic rings. The molecule has 0 spiro atoms. The molecule has 1 aliphatic rings.